The fraction of sp³-hybridized carbons (Fsp3) is 0.733. The van der Waals surface area contributed by atoms with E-state index in [0.717, 1.165) is 18.3 Å². The summed E-state index contributed by atoms with van der Waals surface area (Å²) in [6.45, 7) is 4.93. The van der Waals surface area contributed by atoms with Gasteiger partial charge in [0.25, 0.3) is 0 Å². The van der Waals surface area contributed by atoms with Gasteiger partial charge in [-0.1, -0.05) is 19.3 Å². The van der Waals surface area contributed by atoms with E-state index in [1.807, 2.05) is 20.9 Å². The van der Waals surface area contributed by atoms with E-state index in [2.05, 4.69) is 14.9 Å². The average Bonchev–Trinajstić information content (AvgIpc) is 2.41. The fourth-order valence-corrected chi connectivity index (χ4v) is 2.84. The molecular formula is C15H26N4O. The Morgan fingerprint density at radius 2 is 2.00 bits per heavy atom. The first-order chi connectivity index (χ1) is 9.58. The van der Waals surface area contributed by atoms with Gasteiger partial charge in [-0.3, -0.25) is 0 Å². The molecular weight excluding hydrogens is 252 g/mol. The Balaban J connectivity index is 2.06. The van der Waals surface area contributed by atoms with E-state index in [0.29, 0.717) is 11.6 Å². The normalized spacial score (nSPS) is 16.4. The summed E-state index contributed by atoms with van der Waals surface area (Å²) in [5.74, 6) is 2.01. The molecule has 20 heavy (non-hydrogen) atoms. The second-order valence-corrected chi connectivity index (χ2v) is 5.97. The Hall–Kier alpha value is -1.52. The van der Waals surface area contributed by atoms with Crippen molar-refractivity contribution in [2.75, 3.05) is 24.2 Å². The van der Waals surface area contributed by atoms with Crippen molar-refractivity contribution >= 4 is 11.5 Å². The van der Waals surface area contributed by atoms with Gasteiger partial charge < -0.3 is 15.4 Å². The van der Waals surface area contributed by atoms with Crippen LogP contribution in [0.3, 0.4) is 0 Å². The van der Waals surface area contributed by atoms with Gasteiger partial charge in [0.2, 0.25) is 5.88 Å². The Bertz CT molecular complexity index is 430. The standard InChI is InChI=1S/C15H26N4O/c1-11(2)20-15-13(16)14(17-10-18-15)19(3)9-12-7-5-4-6-8-12/h10-12H,4-9,16H2,1-3H3. The van der Waals surface area contributed by atoms with Crippen LogP contribution in [0.1, 0.15) is 46.0 Å². The molecule has 1 aliphatic rings. The van der Waals surface area contributed by atoms with Crippen molar-refractivity contribution in [3.8, 4) is 5.88 Å². The van der Waals surface area contributed by atoms with Gasteiger partial charge >= 0.3 is 0 Å². The highest BCUT2D eigenvalue weighted by Gasteiger charge is 2.19. The van der Waals surface area contributed by atoms with Crippen molar-refractivity contribution in [2.45, 2.75) is 52.1 Å². The molecule has 5 heteroatoms. The number of hydrogen-bond donors (Lipinski definition) is 1. The van der Waals surface area contributed by atoms with E-state index in [4.69, 9.17) is 10.5 Å². The maximum Gasteiger partial charge on any atom is 0.242 e. The molecule has 0 saturated heterocycles. The summed E-state index contributed by atoms with van der Waals surface area (Å²) < 4.78 is 5.62. The highest BCUT2D eigenvalue weighted by molar-refractivity contribution is 5.67. The molecule has 0 unspecified atom stereocenters. The molecule has 1 aromatic heterocycles. The summed E-state index contributed by atoms with van der Waals surface area (Å²) in [6.07, 6.45) is 8.28. The van der Waals surface area contributed by atoms with Crippen LogP contribution in [0.4, 0.5) is 11.5 Å². The smallest absolute Gasteiger partial charge is 0.242 e. The second kappa shape index (κ2) is 6.77. The van der Waals surface area contributed by atoms with E-state index in [1.165, 1.54) is 38.4 Å². The number of anilines is 2. The van der Waals surface area contributed by atoms with Gasteiger partial charge in [-0.2, -0.15) is 4.98 Å². The van der Waals surface area contributed by atoms with Crippen LogP contribution in [0, 0.1) is 5.92 Å². The van der Waals surface area contributed by atoms with Gasteiger partial charge in [-0.25, -0.2) is 4.98 Å². The number of nitrogen functional groups attached to an aromatic ring is 1. The quantitative estimate of drug-likeness (QED) is 0.897. The minimum atomic E-state index is 0.0590. The lowest BCUT2D eigenvalue weighted by Crippen LogP contribution is -2.28. The molecule has 2 rings (SSSR count). The Morgan fingerprint density at radius 3 is 2.65 bits per heavy atom. The largest absolute Gasteiger partial charge is 0.473 e. The lowest BCUT2D eigenvalue weighted by molar-refractivity contribution is 0.234. The van der Waals surface area contributed by atoms with Gasteiger partial charge in [0, 0.05) is 13.6 Å². The molecule has 1 saturated carbocycles. The maximum absolute atomic E-state index is 6.15. The Labute approximate surface area is 121 Å². The zero-order valence-electron chi connectivity index (χ0n) is 12.8. The van der Waals surface area contributed by atoms with Gasteiger partial charge in [0.15, 0.2) is 5.82 Å². The molecule has 112 valence electrons. The van der Waals surface area contributed by atoms with Crippen molar-refractivity contribution in [3.05, 3.63) is 6.33 Å². The zero-order chi connectivity index (χ0) is 14.5. The number of rotatable bonds is 5. The third-order valence-electron chi connectivity index (χ3n) is 3.79. The summed E-state index contributed by atoms with van der Waals surface area (Å²) in [7, 11) is 2.05. The van der Waals surface area contributed by atoms with E-state index in [-0.39, 0.29) is 6.10 Å². The molecule has 0 amide bonds. The topological polar surface area (TPSA) is 64.3 Å². The van der Waals surface area contributed by atoms with E-state index < -0.39 is 0 Å². The Morgan fingerprint density at radius 1 is 1.30 bits per heavy atom. The predicted molar refractivity (Wildman–Crippen MR) is 82.1 cm³/mol. The number of ether oxygens (including phenoxy) is 1. The molecule has 1 fully saturated rings. The van der Waals surface area contributed by atoms with Crippen LogP contribution in [-0.2, 0) is 0 Å². The van der Waals surface area contributed by atoms with Crippen molar-refractivity contribution in [1.82, 2.24) is 9.97 Å². The lowest BCUT2D eigenvalue weighted by atomic mass is 9.89. The first kappa shape index (κ1) is 14.9. The van der Waals surface area contributed by atoms with Crippen molar-refractivity contribution in [1.29, 1.82) is 0 Å². The number of nitrogens with two attached hydrogens (primary N) is 1. The zero-order valence-corrected chi connectivity index (χ0v) is 12.8. The predicted octanol–water partition coefficient (Wildman–Crippen LogP) is 2.86. The van der Waals surface area contributed by atoms with Gasteiger partial charge in [0.1, 0.15) is 12.0 Å². The Kier molecular flexibility index (Phi) is 5.04. The third-order valence-corrected chi connectivity index (χ3v) is 3.79. The molecule has 0 aromatic carbocycles. The molecule has 1 heterocycles. The molecule has 0 spiro atoms. The second-order valence-electron chi connectivity index (χ2n) is 5.97. The summed E-state index contributed by atoms with van der Waals surface area (Å²) in [6, 6.07) is 0. The summed E-state index contributed by atoms with van der Waals surface area (Å²) in [5, 5.41) is 0. The van der Waals surface area contributed by atoms with Crippen molar-refractivity contribution < 1.29 is 4.74 Å². The van der Waals surface area contributed by atoms with Crippen LogP contribution in [0.5, 0.6) is 5.88 Å². The molecule has 0 aliphatic heterocycles. The van der Waals surface area contributed by atoms with Gasteiger partial charge in [-0.15, -0.1) is 0 Å². The molecule has 1 aromatic rings. The molecule has 1 aliphatic carbocycles. The highest BCUT2D eigenvalue weighted by Crippen LogP contribution is 2.30. The molecule has 0 radical (unpaired) electrons. The number of nitrogens with zero attached hydrogens (tertiary/aromatic N) is 3. The van der Waals surface area contributed by atoms with Crippen molar-refractivity contribution in [3.63, 3.8) is 0 Å². The maximum atomic E-state index is 6.15. The van der Waals surface area contributed by atoms with Crippen LogP contribution < -0.4 is 15.4 Å². The van der Waals surface area contributed by atoms with E-state index >= 15 is 0 Å². The van der Waals surface area contributed by atoms with E-state index in [1.54, 1.807) is 0 Å². The fourth-order valence-electron chi connectivity index (χ4n) is 2.84. The van der Waals surface area contributed by atoms with Crippen LogP contribution in [0.2, 0.25) is 0 Å². The lowest BCUT2D eigenvalue weighted by Gasteiger charge is -2.28. The first-order valence-electron chi connectivity index (χ1n) is 7.56. The molecule has 0 atom stereocenters. The summed E-state index contributed by atoms with van der Waals surface area (Å²) in [5.41, 5.74) is 6.69. The van der Waals surface area contributed by atoms with Crippen LogP contribution in [0.15, 0.2) is 6.33 Å². The van der Waals surface area contributed by atoms with E-state index in [9.17, 15) is 0 Å². The van der Waals surface area contributed by atoms with Crippen LogP contribution in [-0.4, -0.2) is 29.7 Å². The number of aromatic nitrogens is 2. The minimum absolute atomic E-state index is 0.0590. The summed E-state index contributed by atoms with van der Waals surface area (Å²) >= 11 is 0. The van der Waals surface area contributed by atoms with Crippen LogP contribution in [0.25, 0.3) is 0 Å². The van der Waals surface area contributed by atoms with Gasteiger partial charge in [0.05, 0.1) is 6.10 Å². The molecule has 0 bridgehead atoms. The monoisotopic (exact) mass is 278 g/mol. The van der Waals surface area contributed by atoms with Crippen LogP contribution >= 0.6 is 0 Å². The molecule has 5 nitrogen and oxygen atoms in total. The summed E-state index contributed by atoms with van der Waals surface area (Å²) in [4.78, 5) is 10.6. The third kappa shape index (κ3) is 3.74. The first-order valence-corrected chi connectivity index (χ1v) is 7.56. The van der Waals surface area contributed by atoms with Gasteiger partial charge in [-0.05, 0) is 32.6 Å². The number of hydrogen-bond acceptors (Lipinski definition) is 5. The average molecular weight is 278 g/mol. The molecule has 2 N–H and O–H groups in total. The highest BCUT2D eigenvalue weighted by atomic mass is 16.5. The van der Waals surface area contributed by atoms with Crippen molar-refractivity contribution in [2.24, 2.45) is 5.92 Å². The SMILES string of the molecule is CC(C)Oc1ncnc(N(C)CC2CCCCC2)c1N. The minimum Gasteiger partial charge on any atom is -0.473 e.